The Labute approximate surface area is 106 Å². The molecule has 1 rings (SSSR count). The Morgan fingerprint density at radius 3 is 2.78 bits per heavy atom. The van der Waals surface area contributed by atoms with E-state index in [0.29, 0.717) is 19.8 Å². The molecule has 0 unspecified atom stereocenters. The second kappa shape index (κ2) is 7.57. The minimum atomic E-state index is -0.520. The number of pyridine rings is 1. The normalized spacial score (nSPS) is 10.6. The van der Waals surface area contributed by atoms with Crippen molar-refractivity contribution in [2.24, 2.45) is 0 Å². The van der Waals surface area contributed by atoms with Crippen LogP contribution in [0.2, 0.25) is 0 Å². The number of hydrogen-bond donors (Lipinski definition) is 1. The van der Waals surface area contributed by atoms with Crippen molar-refractivity contribution >= 4 is 11.5 Å². The van der Waals surface area contributed by atoms with Gasteiger partial charge in [-0.15, -0.1) is 0 Å². The van der Waals surface area contributed by atoms with Gasteiger partial charge >= 0.3 is 5.82 Å². The molecule has 1 heterocycles. The van der Waals surface area contributed by atoms with Gasteiger partial charge in [-0.05, 0) is 30.1 Å². The van der Waals surface area contributed by atoms with Gasteiger partial charge in [0.1, 0.15) is 0 Å². The van der Waals surface area contributed by atoms with Crippen LogP contribution in [0, 0.1) is 10.1 Å². The van der Waals surface area contributed by atoms with Gasteiger partial charge in [-0.1, -0.05) is 0 Å². The van der Waals surface area contributed by atoms with Crippen molar-refractivity contribution in [1.82, 2.24) is 9.88 Å². The molecule has 0 aliphatic rings. The first-order chi connectivity index (χ1) is 8.59. The van der Waals surface area contributed by atoms with Crippen LogP contribution in [-0.4, -0.2) is 55.2 Å². The van der Waals surface area contributed by atoms with E-state index in [1.54, 1.807) is 6.07 Å². The largest absolute Gasteiger partial charge is 0.380 e. The first-order valence-electron chi connectivity index (χ1n) is 5.66. The summed E-state index contributed by atoms with van der Waals surface area (Å²) in [4.78, 5) is 15.6. The van der Waals surface area contributed by atoms with Crippen LogP contribution >= 0.6 is 0 Å². The first-order valence-corrected chi connectivity index (χ1v) is 5.66. The maximum atomic E-state index is 10.4. The number of nitrogens with zero attached hydrogens (tertiary/aromatic N) is 3. The molecule has 0 aliphatic heterocycles. The van der Waals surface area contributed by atoms with Crippen molar-refractivity contribution in [3.8, 4) is 0 Å². The summed E-state index contributed by atoms with van der Waals surface area (Å²) in [5.74, 6) is -0.150. The molecule has 0 saturated heterocycles. The first kappa shape index (κ1) is 14.3. The van der Waals surface area contributed by atoms with Gasteiger partial charge in [0.25, 0.3) is 0 Å². The zero-order chi connectivity index (χ0) is 13.4. The average Bonchev–Trinajstić information content (AvgIpc) is 2.34. The lowest BCUT2D eigenvalue weighted by atomic mass is 10.4. The molecule has 0 aromatic carbocycles. The molecule has 0 amide bonds. The van der Waals surface area contributed by atoms with Gasteiger partial charge in [0.05, 0.1) is 18.9 Å². The van der Waals surface area contributed by atoms with E-state index < -0.39 is 4.92 Å². The van der Waals surface area contributed by atoms with Crippen LogP contribution < -0.4 is 5.32 Å². The Balaban J connectivity index is 2.17. The highest BCUT2D eigenvalue weighted by molar-refractivity contribution is 5.43. The second-order valence-corrected chi connectivity index (χ2v) is 4.00. The number of ether oxygens (including phenoxy) is 1. The summed E-state index contributed by atoms with van der Waals surface area (Å²) in [5, 5.41) is 13.5. The molecule has 1 aromatic rings. The van der Waals surface area contributed by atoms with Crippen LogP contribution in [0.1, 0.15) is 0 Å². The minimum absolute atomic E-state index is 0.150. The van der Waals surface area contributed by atoms with E-state index in [9.17, 15) is 10.1 Å². The number of rotatable bonds is 8. The molecule has 0 atom stereocenters. The lowest BCUT2D eigenvalue weighted by Gasteiger charge is -2.10. The lowest BCUT2D eigenvalue weighted by molar-refractivity contribution is -0.389. The van der Waals surface area contributed by atoms with Crippen molar-refractivity contribution < 1.29 is 9.66 Å². The van der Waals surface area contributed by atoms with Crippen LogP contribution in [0.25, 0.3) is 0 Å². The van der Waals surface area contributed by atoms with E-state index in [2.05, 4.69) is 10.3 Å². The van der Waals surface area contributed by atoms with Gasteiger partial charge in [0.15, 0.2) is 6.20 Å². The third kappa shape index (κ3) is 5.55. The molecule has 7 heteroatoms. The second-order valence-electron chi connectivity index (χ2n) is 4.00. The van der Waals surface area contributed by atoms with Crippen LogP contribution in [-0.2, 0) is 4.74 Å². The van der Waals surface area contributed by atoms with Crippen molar-refractivity contribution in [2.75, 3.05) is 45.7 Å². The summed E-state index contributed by atoms with van der Waals surface area (Å²) in [6, 6.07) is 3.00. The summed E-state index contributed by atoms with van der Waals surface area (Å²) in [6.07, 6.45) is 1.44. The van der Waals surface area contributed by atoms with Crippen LogP contribution in [0.15, 0.2) is 18.3 Å². The van der Waals surface area contributed by atoms with Gasteiger partial charge in [-0.3, -0.25) is 0 Å². The summed E-state index contributed by atoms with van der Waals surface area (Å²) in [7, 11) is 3.98. The van der Waals surface area contributed by atoms with E-state index in [4.69, 9.17) is 4.74 Å². The van der Waals surface area contributed by atoms with Gasteiger partial charge < -0.3 is 25.1 Å². The molecule has 0 radical (unpaired) electrons. The number of hydrogen-bond acceptors (Lipinski definition) is 6. The standard InChI is InChI=1S/C11H18N4O3/c1-14(2)6-8-18-7-5-12-10-3-4-11(13-9-10)15(16)17/h3-4,9,12H,5-8H2,1-2H3. The van der Waals surface area contributed by atoms with Crippen LogP contribution in [0.3, 0.4) is 0 Å². The molecule has 0 spiro atoms. The Morgan fingerprint density at radius 1 is 1.44 bits per heavy atom. The molecule has 0 aliphatic carbocycles. The monoisotopic (exact) mass is 254 g/mol. The summed E-state index contributed by atoms with van der Waals surface area (Å²) < 4.78 is 5.40. The van der Waals surface area contributed by atoms with Crippen molar-refractivity contribution in [2.45, 2.75) is 0 Å². The minimum Gasteiger partial charge on any atom is -0.380 e. The molecule has 0 fully saturated rings. The number of nitrogens with one attached hydrogen (secondary N) is 1. The van der Waals surface area contributed by atoms with Gasteiger partial charge in [-0.2, -0.15) is 0 Å². The number of anilines is 1. The maximum absolute atomic E-state index is 10.4. The van der Waals surface area contributed by atoms with Crippen molar-refractivity contribution in [1.29, 1.82) is 0 Å². The molecule has 0 bridgehead atoms. The molecule has 0 saturated carbocycles. The van der Waals surface area contributed by atoms with E-state index in [1.807, 2.05) is 19.0 Å². The fourth-order valence-electron chi connectivity index (χ4n) is 1.22. The predicted octanol–water partition coefficient (Wildman–Crippen LogP) is 0.980. The fourth-order valence-corrected chi connectivity index (χ4v) is 1.22. The molecular weight excluding hydrogens is 236 g/mol. The average molecular weight is 254 g/mol. The van der Waals surface area contributed by atoms with E-state index in [1.165, 1.54) is 12.3 Å². The molecule has 100 valence electrons. The zero-order valence-corrected chi connectivity index (χ0v) is 10.6. The topological polar surface area (TPSA) is 80.5 Å². The molecular formula is C11H18N4O3. The fraction of sp³-hybridized carbons (Fsp3) is 0.545. The number of likely N-dealkylation sites (N-methyl/N-ethyl adjacent to an activating group) is 1. The van der Waals surface area contributed by atoms with Gasteiger partial charge in [0, 0.05) is 19.2 Å². The Hall–Kier alpha value is -1.73. The molecule has 18 heavy (non-hydrogen) atoms. The SMILES string of the molecule is CN(C)CCOCCNc1ccc([N+](=O)[O-])nc1. The number of nitro groups is 1. The van der Waals surface area contributed by atoms with Gasteiger partial charge in [0.2, 0.25) is 0 Å². The van der Waals surface area contributed by atoms with E-state index in [0.717, 1.165) is 12.2 Å². The highest BCUT2D eigenvalue weighted by atomic mass is 16.6. The lowest BCUT2D eigenvalue weighted by Crippen LogP contribution is -2.20. The maximum Gasteiger partial charge on any atom is 0.363 e. The van der Waals surface area contributed by atoms with Crippen molar-refractivity contribution in [3.63, 3.8) is 0 Å². The highest BCUT2D eigenvalue weighted by Crippen LogP contribution is 2.10. The number of aromatic nitrogens is 1. The zero-order valence-electron chi connectivity index (χ0n) is 10.6. The van der Waals surface area contributed by atoms with Crippen LogP contribution in [0.5, 0.6) is 0 Å². The van der Waals surface area contributed by atoms with E-state index >= 15 is 0 Å². The third-order valence-electron chi connectivity index (χ3n) is 2.19. The molecule has 1 N–H and O–H groups in total. The van der Waals surface area contributed by atoms with Crippen molar-refractivity contribution in [3.05, 3.63) is 28.4 Å². The summed E-state index contributed by atoms with van der Waals surface area (Å²) in [5.41, 5.74) is 0.747. The predicted molar refractivity (Wildman–Crippen MR) is 68.8 cm³/mol. The Kier molecular flexibility index (Phi) is 6.03. The summed E-state index contributed by atoms with van der Waals surface area (Å²) in [6.45, 7) is 2.81. The Morgan fingerprint density at radius 2 is 2.22 bits per heavy atom. The molecule has 1 aromatic heterocycles. The summed E-state index contributed by atoms with van der Waals surface area (Å²) >= 11 is 0. The molecule has 7 nitrogen and oxygen atoms in total. The highest BCUT2D eigenvalue weighted by Gasteiger charge is 2.05. The quantitative estimate of drug-likeness (QED) is 0.423. The van der Waals surface area contributed by atoms with Crippen LogP contribution in [0.4, 0.5) is 11.5 Å². The van der Waals surface area contributed by atoms with Gasteiger partial charge in [-0.25, -0.2) is 0 Å². The third-order valence-corrected chi connectivity index (χ3v) is 2.19. The smallest absolute Gasteiger partial charge is 0.363 e. The Bertz CT molecular complexity index is 367. The van der Waals surface area contributed by atoms with E-state index in [-0.39, 0.29) is 5.82 Å².